The van der Waals surface area contributed by atoms with Crippen LogP contribution in [0.5, 0.6) is 5.75 Å². The van der Waals surface area contributed by atoms with Gasteiger partial charge in [0.1, 0.15) is 11.6 Å². The van der Waals surface area contributed by atoms with E-state index in [4.69, 9.17) is 4.74 Å². The number of likely N-dealkylation sites (tertiary alicyclic amines) is 1. The normalized spacial score (nSPS) is 16.2. The van der Waals surface area contributed by atoms with E-state index in [0.29, 0.717) is 17.6 Å². The van der Waals surface area contributed by atoms with E-state index < -0.39 is 0 Å². The van der Waals surface area contributed by atoms with Crippen molar-refractivity contribution in [1.82, 2.24) is 10.2 Å². The first-order valence-electron chi connectivity index (χ1n) is 9.24. The molecule has 1 saturated heterocycles. The molecule has 1 fully saturated rings. The highest BCUT2D eigenvalue weighted by Crippen LogP contribution is 2.28. The quantitative estimate of drug-likeness (QED) is 0.366. The van der Waals surface area contributed by atoms with E-state index >= 15 is 0 Å². The summed E-state index contributed by atoms with van der Waals surface area (Å²) >= 11 is 0. The number of nitrogens with zero attached hydrogens (tertiary/aromatic N) is 2. The highest BCUT2D eigenvalue weighted by molar-refractivity contribution is 14.0. The van der Waals surface area contributed by atoms with Crippen LogP contribution >= 0.6 is 24.0 Å². The number of methoxy groups -OCH3 is 1. The van der Waals surface area contributed by atoms with Crippen LogP contribution in [-0.2, 0) is 4.79 Å². The van der Waals surface area contributed by atoms with Gasteiger partial charge in [0.2, 0.25) is 5.91 Å². The Morgan fingerprint density at radius 2 is 1.90 bits per heavy atom. The second-order valence-corrected chi connectivity index (χ2v) is 6.66. The molecule has 1 amide bonds. The third-order valence-electron chi connectivity index (χ3n) is 4.82. The largest absolute Gasteiger partial charge is 0.497 e. The molecule has 0 aliphatic carbocycles. The molecule has 2 aromatic carbocycles. The summed E-state index contributed by atoms with van der Waals surface area (Å²) < 4.78 is 18.2. The first-order chi connectivity index (χ1) is 13.6. The van der Waals surface area contributed by atoms with Crippen molar-refractivity contribution >= 4 is 41.5 Å². The number of anilines is 1. The predicted octanol–water partition coefficient (Wildman–Crippen LogP) is 3.46. The number of nitrogens with one attached hydrogen (secondary N) is 2. The number of rotatable bonds is 5. The van der Waals surface area contributed by atoms with E-state index in [9.17, 15) is 9.18 Å². The molecule has 0 bridgehead atoms. The van der Waals surface area contributed by atoms with Crippen molar-refractivity contribution in [3.05, 3.63) is 59.9 Å². The minimum atomic E-state index is -0.336. The minimum Gasteiger partial charge on any atom is -0.497 e. The van der Waals surface area contributed by atoms with E-state index in [1.807, 2.05) is 12.1 Å². The summed E-state index contributed by atoms with van der Waals surface area (Å²) in [5, 5.41) is 5.83. The highest BCUT2D eigenvalue weighted by atomic mass is 127. The van der Waals surface area contributed by atoms with Gasteiger partial charge in [0.25, 0.3) is 0 Å². The first-order valence-corrected chi connectivity index (χ1v) is 9.24. The van der Waals surface area contributed by atoms with Gasteiger partial charge >= 0.3 is 0 Å². The molecule has 0 saturated carbocycles. The maximum atomic E-state index is 12.9. The molecule has 1 heterocycles. The molecule has 2 N–H and O–H groups in total. The van der Waals surface area contributed by atoms with Gasteiger partial charge in [-0.25, -0.2) is 4.39 Å². The van der Waals surface area contributed by atoms with E-state index in [0.717, 1.165) is 25.3 Å². The number of guanidine groups is 1. The SMILES string of the molecule is CN=C(NCC(=O)Nc1ccc(F)cc1)N1CCC(c2ccc(OC)cc2)C1.I. The van der Waals surface area contributed by atoms with Crippen LogP contribution in [-0.4, -0.2) is 50.6 Å². The maximum absolute atomic E-state index is 12.9. The van der Waals surface area contributed by atoms with Gasteiger partial charge in [-0.05, 0) is 48.4 Å². The fourth-order valence-electron chi connectivity index (χ4n) is 3.33. The number of halogens is 2. The molecule has 1 aliphatic heterocycles. The molecule has 8 heteroatoms. The van der Waals surface area contributed by atoms with Crippen LogP contribution < -0.4 is 15.4 Å². The van der Waals surface area contributed by atoms with Crippen LogP contribution in [0.1, 0.15) is 17.9 Å². The van der Waals surface area contributed by atoms with E-state index in [-0.39, 0.29) is 42.2 Å². The Labute approximate surface area is 187 Å². The molecule has 29 heavy (non-hydrogen) atoms. The Hall–Kier alpha value is -2.36. The zero-order chi connectivity index (χ0) is 19.9. The van der Waals surface area contributed by atoms with Crippen molar-refractivity contribution < 1.29 is 13.9 Å². The van der Waals surface area contributed by atoms with Gasteiger partial charge in [-0.3, -0.25) is 9.79 Å². The number of aliphatic imine (C=N–C) groups is 1. The molecule has 0 radical (unpaired) electrons. The molecule has 0 spiro atoms. The van der Waals surface area contributed by atoms with Gasteiger partial charge in [0.15, 0.2) is 5.96 Å². The minimum absolute atomic E-state index is 0. The summed E-state index contributed by atoms with van der Waals surface area (Å²) in [4.78, 5) is 18.6. The van der Waals surface area contributed by atoms with Gasteiger partial charge in [-0.1, -0.05) is 12.1 Å². The van der Waals surface area contributed by atoms with Gasteiger partial charge < -0.3 is 20.3 Å². The fraction of sp³-hybridized carbons (Fsp3) is 0.333. The molecular formula is C21H26FIN4O2. The summed E-state index contributed by atoms with van der Waals surface area (Å²) in [6.45, 7) is 1.80. The lowest BCUT2D eigenvalue weighted by molar-refractivity contribution is -0.115. The third-order valence-corrected chi connectivity index (χ3v) is 4.82. The second-order valence-electron chi connectivity index (χ2n) is 6.66. The molecule has 156 valence electrons. The van der Waals surface area contributed by atoms with Crippen LogP contribution in [0.3, 0.4) is 0 Å². The molecule has 1 aliphatic rings. The maximum Gasteiger partial charge on any atom is 0.243 e. The number of ether oxygens (including phenoxy) is 1. The van der Waals surface area contributed by atoms with Gasteiger partial charge in [-0.15, -0.1) is 24.0 Å². The monoisotopic (exact) mass is 512 g/mol. The van der Waals surface area contributed by atoms with Crippen molar-refractivity contribution in [3.8, 4) is 5.75 Å². The summed E-state index contributed by atoms with van der Waals surface area (Å²) in [6, 6.07) is 13.8. The molecule has 1 unspecified atom stereocenters. The van der Waals surface area contributed by atoms with Crippen molar-refractivity contribution in [1.29, 1.82) is 0 Å². The first kappa shape index (κ1) is 22.9. The molecule has 1 atom stereocenters. The summed E-state index contributed by atoms with van der Waals surface area (Å²) in [7, 11) is 3.37. The molecule has 6 nitrogen and oxygen atoms in total. The molecular weight excluding hydrogens is 486 g/mol. The lowest BCUT2D eigenvalue weighted by atomic mass is 9.98. The number of hydrogen-bond donors (Lipinski definition) is 2. The van der Waals surface area contributed by atoms with Crippen molar-refractivity contribution in [3.63, 3.8) is 0 Å². The van der Waals surface area contributed by atoms with Crippen LogP contribution in [0.25, 0.3) is 0 Å². The standard InChI is InChI=1S/C21H25FN4O2.HI/c1-23-21(24-13-20(27)25-18-7-5-17(22)6-8-18)26-12-11-16(14-26)15-3-9-19(28-2)10-4-15;/h3-10,16H,11-14H2,1-2H3,(H,23,24)(H,25,27);1H. The lowest BCUT2D eigenvalue weighted by Gasteiger charge is -2.21. The Morgan fingerprint density at radius 3 is 2.52 bits per heavy atom. The van der Waals surface area contributed by atoms with E-state index in [1.165, 1.54) is 29.8 Å². The molecule has 3 rings (SSSR count). The summed E-state index contributed by atoms with van der Waals surface area (Å²) in [5.74, 6) is 1.42. The molecule has 0 aromatic heterocycles. The topological polar surface area (TPSA) is 66.0 Å². The summed E-state index contributed by atoms with van der Waals surface area (Å²) in [6.07, 6.45) is 1.02. The molecule has 2 aromatic rings. The number of carbonyl (C=O) groups is 1. The van der Waals surface area contributed by atoms with Crippen molar-refractivity contribution in [2.45, 2.75) is 12.3 Å². The van der Waals surface area contributed by atoms with Crippen LogP contribution in [0.2, 0.25) is 0 Å². The smallest absolute Gasteiger partial charge is 0.243 e. The van der Waals surface area contributed by atoms with Crippen LogP contribution in [0, 0.1) is 5.82 Å². The third kappa shape index (κ3) is 6.31. The van der Waals surface area contributed by atoms with Crippen LogP contribution in [0.4, 0.5) is 10.1 Å². The number of carbonyl (C=O) groups excluding carboxylic acids is 1. The zero-order valence-electron chi connectivity index (χ0n) is 16.5. The Bertz CT molecular complexity index is 828. The number of benzene rings is 2. The fourth-order valence-corrected chi connectivity index (χ4v) is 3.33. The number of hydrogen-bond acceptors (Lipinski definition) is 3. The van der Waals surface area contributed by atoms with E-state index in [1.54, 1.807) is 14.2 Å². The van der Waals surface area contributed by atoms with Gasteiger partial charge in [0.05, 0.1) is 13.7 Å². The lowest BCUT2D eigenvalue weighted by Crippen LogP contribution is -2.43. The Kier molecular flexibility index (Phi) is 8.69. The zero-order valence-corrected chi connectivity index (χ0v) is 18.9. The van der Waals surface area contributed by atoms with E-state index in [2.05, 4.69) is 32.7 Å². The van der Waals surface area contributed by atoms with Crippen molar-refractivity contribution in [2.75, 3.05) is 39.1 Å². The van der Waals surface area contributed by atoms with Gasteiger partial charge in [-0.2, -0.15) is 0 Å². The Morgan fingerprint density at radius 1 is 1.21 bits per heavy atom. The Balaban J connectivity index is 0.00000300. The van der Waals surface area contributed by atoms with Crippen LogP contribution in [0.15, 0.2) is 53.5 Å². The average Bonchev–Trinajstić information content (AvgIpc) is 3.20. The predicted molar refractivity (Wildman–Crippen MR) is 124 cm³/mol. The second kappa shape index (κ2) is 11.0. The van der Waals surface area contributed by atoms with Gasteiger partial charge in [0, 0.05) is 31.7 Å². The number of amides is 1. The average molecular weight is 512 g/mol. The highest BCUT2D eigenvalue weighted by Gasteiger charge is 2.26. The summed E-state index contributed by atoms with van der Waals surface area (Å²) in [5.41, 5.74) is 1.83. The van der Waals surface area contributed by atoms with Crippen molar-refractivity contribution in [2.24, 2.45) is 4.99 Å².